The highest BCUT2D eigenvalue weighted by Gasteiger charge is 2.28. The van der Waals surface area contributed by atoms with Gasteiger partial charge >= 0.3 is 0 Å². The van der Waals surface area contributed by atoms with E-state index in [-0.39, 0.29) is 0 Å². The van der Waals surface area contributed by atoms with Crippen LogP contribution in [0.25, 0.3) is 0 Å². The fourth-order valence-corrected chi connectivity index (χ4v) is 4.16. The molecule has 0 N–H and O–H groups in total. The van der Waals surface area contributed by atoms with E-state index in [1.807, 2.05) is 73.8 Å². The molecule has 40 heavy (non-hydrogen) atoms. The quantitative estimate of drug-likeness (QED) is 0.190. The molecule has 12 heteroatoms. The Hall–Kier alpha value is -2.61. The Morgan fingerprint density at radius 2 is 0.700 bits per heavy atom. The minimum absolute atomic E-state index is 0.369. The van der Waals surface area contributed by atoms with Crippen molar-refractivity contribution in [3.05, 3.63) is 52.4 Å². The molecule has 0 fully saturated rings. The van der Waals surface area contributed by atoms with E-state index in [1.165, 1.54) is 0 Å². The summed E-state index contributed by atoms with van der Waals surface area (Å²) in [5.74, 6) is 0. The largest absolute Gasteiger partial charge is 0.375 e. The van der Waals surface area contributed by atoms with Gasteiger partial charge in [0.15, 0.2) is 0 Å². The van der Waals surface area contributed by atoms with Gasteiger partial charge in [0.1, 0.15) is 0 Å². The molecule has 224 valence electrons. The monoisotopic (exact) mass is 562 g/mol. The summed E-state index contributed by atoms with van der Waals surface area (Å²) < 4.78 is 40.4. The van der Waals surface area contributed by atoms with Crippen LogP contribution in [-0.4, -0.2) is 69.0 Å². The maximum atomic E-state index is 5.86. The number of rotatable bonds is 21. The van der Waals surface area contributed by atoms with Crippen molar-refractivity contribution in [1.29, 1.82) is 0 Å². The van der Waals surface area contributed by atoms with Gasteiger partial charge in [-0.2, -0.15) is 15.3 Å². The second kappa shape index (κ2) is 17.3. The van der Waals surface area contributed by atoms with Gasteiger partial charge in [-0.3, -0.25) is 0 Å². The van der Waals surface area contributed by atoms with Crippen molar-refractivity contribution in [3.63, 3.8) is 0 Å². The van der Waals surface area contributed by atoms with Crippen LogP contribution in [0, 0.1) is 0 Å². The Morgan fingerprint density at radius 1 is 0.450 bits per heavy atom. The molecule has 0 aliphatic carbocycles. The Bertz CT molecular complexity index is 988. The maximum Gasteiger partial charge on any atom is 0.239 e. The zero-order valence-electron chi connectivity index (χ0n) is 24.9. The van der Waals surface area contributed by atoms with Gasteiger partial charge in [0.2, 0.25) is 6.29 Å². The number of hydrogen-bond acceptors (Lipinski definition) is 9. The number of ether oxygens (including phenoxy) is 6. The summed E-state index contributed by atoms with van der Waals surface area (Å²) in [5, 5.41) is 15.0. The Labute approximate surface area is 237 Å². The van der Waals surface area contributed by atoms with Crippen LogP contribution in [0.1, 0.15) is 82.0 Å². The smallest absolute Gasteiger partial charge is 0.239 e. The predicted octanol–water partition coefficient (Wildman–Crippen LogP) is 4.05. The molecule has 3 rings (SSSR count). The van der Waals surface area contributed by atoms with Gasteiger partial charge in [0, 0.05) is 39.6 Å². The van der Waals surface area contributed by atoms with Crippen molar-refractivity contribution < 1.29 is 28.4 Å². The molecule has 0 saturated carbocycles. The predicted molar refractivity (Wildman–Crippen MR) is 148 cm³/mol. The molecule has 12 nitrogen and oxygen atoms in total. The van der Waals surface area contributed by atoms with E-state index in [1.54, 1.807) is 0 Å². The molecular formula is C28H46N6O6. The summed E-state index contributed by atoms with van der Waals surface area (Å²) in [6.07, 6.45) is -0.609. The average molecular weight is 563 g/mol. The van der Waals surface area contributed by atoms with Gasteiger partial charge in [-0.25, -0.2) is 14.0 Å². The maximum absolute atomic E-state index is 5.86. The lowest BCUT2D eigenvalue weighted by Gasteiger charge is -2.25. The molecule has 0 atom stereocenters. The lowest BCUT2D eigenvalue weighted by atomic mass is 10.3. The highest BCUT2D eigenvalue weighted by Crippen LogP contribution is 2.24. The molecule has 0 radical (unpaired) electrons. The summed E-state index contributed by atoms with van der Waals surface area (Å²) >= 11 is 0. The second-order valence-corrected chi connectivity index (χ2v) is 8.88. The van der Waals surface area contributed by atoms with Crippen molar-refractivity contribution in [2.24, 2.45) is 0 Å². The molecule has 0 saturated heterocycles. The van der Waals surface area contributed by atoms with E-state index in [9.17, 15) is 0 Å². The first kappa shape index (κ1) is 31.9. The first-order valence-corrected chi connectivity index (χ1v) is 14.3. The fourth-order valence-electron chi connectivity index (χ4n) is 4.16. The van der Waals surface area contributed by atoms with Crippen LogP contribution >= 0.6 is 0 Å². The molecule has 0 spiro atoms. The SMILES string of the molecule is CCOCc1cc(COCC)n(C(n2nc(COCC)cc2COCC)n2nc(COCC)cc2COCC)n1. The Morgan fingerprint density at radius 3 is 0.950 bits per heavy atom. The normalized spacial score (nSPS) is 11.8. The van der Waals surface area contributed by atoms with E-state index in [0.717, 1.165) is 34.2 Å². The number of hydrogen-bond donors (Lipinski definition) is 0. The third-order valence-electron chi connectivity index (χ3n) is 5.97. The molecule has 0 aromatic carbocycles. The zero-order valence-corrected chi connectivity index (χ0v) is 24.9. The highest BCUT2D eigenvalue weighted by atomic mass is 16.5. The fraction of sp³-hybridized carbons (Fsp3) is 0.679. The Kier molecular flexibility index (Phi) is 13.8. The van der Waals surface area contributed by atoms with Crippen molar-refractivity contribution in [2.75, 3.05) is 39.6 Å². The van der Waals surface area contributed by atoms with Gasteiger partial charge in [-0.05, 0) is 59.7 Å². The van der Waals surface area contributed by atoms with E-state index in [2.05, 4.69) is 0 Å². The zero-order chi connectivity index (χ0) is 28.7. The lowest BCUT2D eigenvalue weighted by molar-refractivity contribution is 0.104. The topological polar surface area (TPSA) is 109 Å². The van der Waals surface area contributed by atoms with Crippen LogP contribution in [0.3, 0.4) is 0 Å². The summed E-state index contributed by atoms with van der Waals surface area (Å²) in [7, 11) is 0. The van der Waals surface area contributed by atoms with Crippen LogP contribution in [0.2, 0.25) is 0 Å². The van der Waals surface area contributed by atoms with Gasteiger partial charge < -0.3 is 28.4 Å². The van der Waals surface area contributed by atoms with Gasteiger partial charge in [0.05, 0.1) is 73.8 Å². The van der Waals surface area contributed by atoms with Gasteiger partial charge in [0.25, 0.3) is 0 Å². The second-order valence-electron chi connectivity index (χ2n) is 8.88. The van der Waals surface area contributed by atoms with Gasteiger partial charge in [-0.1, -0.05) is 0 Å². The first-order valence-electron chi connectivity index (χ1n) is 14.3. The van der Waals surface area contributed by atoms with Crippen molar-refractivity contribution in [2.45, 2.75) is 87.5 Å². The summed E-state index contributed by atoms with van der Waals surface area (Å²) in [4.78, 5) is 0. The third kappa shape index (κ3) is 8.69. The minimum atomic E-state index is -0.609. The van der Waals surface area contributed by atoms with Crippen molar-refractivity contribution in [3.8, 4) is 0 Å². The number of aromatic nitrogens is 6. The molecule has 0 aliphatic heterocycles. The van der Waals surface area contributed by atoms with E-state index in [0.29, 0.717) is 79.3 Å². The molecule has 3 aromatic rings. The highest BCUT2D eigenvalue weighted by molar-refractivity contribution is 5.16. The lowest BCUT2D eigenvalue weighted by Crippen LogP contribution is -2.33. The van der Waals surface area contributed by atoms with Crippen LogP contribution in [0.4, 0.5) is 0 Å². The standard InChI is InChI=1S/C28H46N6O6/c1-7-35-16-22-13-25(19-38-10-4)32(29-22)28(33-26(20-39-11-5)14-23(30-33)17-36-8-2)34-27(21-40-12-6)15-24(31-34)18-37-9-3/h13-15,28H,7-12,16-21H2,1-6H3. The van der Waals surface area contributed by atoms with Crippen LogP contribution in [0.5, 0.6) is 0 Å². The number of nitrogens with zero attached hydrogens (tertiary/aromatic N) is 6. The molecule has 0 aliphatic rings. The molecule has 0 bridgehead atoms. The summed E-state index contributed by atoms with van der Waals surface area (Å²) in [5.41, 5.74) is 4.99. The first-order chi connectivity index (χ1) is 19.6. The molecular weight excluding hydrogens is 516 g/mol. The molecule has 3 aromatic heterocycles. The minimum Gasteiger partial charge on any atom is -0.375 e. The van der Waals surface area contributed by atoms with E-state index >= 15 is 0 Å². The third-order valence-corrected chi connectivity index (χ3v) is 5.97. The van der Waals surface area contributed by atoms with Crippen LogP contribution in [0.15, 0.2) is 18.2 Å². The van der Waals surface area contributed by atoms with E-state index in [4.69, 9.17) is 43.7 Å². The molecule has 3 heterocycles. The van der Waals surface area contributed by atoms with Gasteiger partial charge in [-0.15, -0.1) is 0 Å². The average Bonchev–Trinajstić information content (AvgIpc) is 3.68. The molecule has 0 unspecified atom stereocenters. The van der Waals surface area contributed by atoms with E-state index < -0.39 is 6.29 Å². The van der Waals surface area contributed by atoms with Crippen LogP contribution < -0.4 is 0 Å². The summed E-state index contributed by atoms with van der Waals surface area (Å²) in [6, 6.07) is 6.04. The van der Waals surface area contributed by atoms with Crippen molar-refractivity contribution >= 4 is 0 Å². The van der Waals surface area contributed by atoms with Crippen LogP contribution in [-0.2, 0) is 68.1 Å². The Balaban J connectivity index is 2.24. The summed E-state index contributed by atoms with van der Waals surface area (Å²) in [6.45, 7) is 17.6. The molecule has 0 amide bonds. The van der Waals surface area contributed by atoms with Crippen molar-refractivity contribution in [1.82, 2.24) is 29.3 Å².